The molecule has 3 aliphatic heterocycles. The Hall–Kier alpha value is -1.37. The van der Waals surface area contributed by atoms with E-state index in [1.165, 1.54) is 28.4 Å². The van der Waals surface area contributed by atoms with Gasteiger partial charge in [0.25, 0.3) is 0 Å². The van der Waals surface area contributed by atoms with Gasteiger partial charge in [-0.1, -0.05) is 18.2 Å². The van der Waals surface area contributed by atoms with Crippen LogP contribution in [0.3, 0.4) is 0 Å². The van der Waals surface area contributed by atoms with E-state index in [1.54, 1.807) is 4.31 Å². The molecule has 0 amide bonds. The predicted molar refractivity (Wildman–Crippen MR) is 99.0 cm³/mol. The van der Waals surface area contributed by atoms with E-state index < -0.39 is 10.0 Å². The first-order chi connectivity index (χ1) is 12.0. The Labute approximate surface area is 149 Å². The molecular weight excluding hydrogens is 334 g/mol. The maximum atomic E-state index is 12.3. The Morgan fingerprint density at radius 1 is 1.20 bits per heavy atom. The standard InChI is InChI=1S/C19H25N3O2S/c1-25(23,24)22-9-4-5-13-12-21-10-8-15-14-6-2-3-7-16(14)20-19(15)18(21)11-17(13)22/h2-3,6-7,13,17-18,20H,4-5,8-12H2,1H3/t13-,17+,18-/m0/s1. The van der Waals surface area contributed by atoms with Crippen molar-refractivity contribution < 1.29 is 8.42 Å². The molecule has 3 atom stereocenters. The van der Waals surface area contributed by atoms with Crippen LogP contribution in [0.2, 0.25) is 0 Å². The lowest BCUT2D eigenvalue weighted by molar-refractivity contribution is 0.0210. The number of H-pyrrole nitrogens is 1. The molecule has 0 aliphatic carbocycles. The van der Waals surface area contributed by atoms with Gasteiger partial charge in [-0.3, -0.25) is 4.90 Å². The normalized spacial score (nSPS) is 30.7. The van der Waals surface area contributed by atoms with E-state index in [2.05, 4.69) is 34.1 Å². The number of nitrogens with zero attached hydrogens (tertiary/aromatic N) is 2. The number of aromatic amines is 1. The van der Waals surface area contributed by atoms with Crippen LogP contribution in [0.4, 0.5) is 0 Å². The number of hydrogen-bond acceptors (Lipinski definition) is 3. The highest BCUT2D eigenvalue weighted by Gasteiger charge is 2.45. The lowest BCUT2D eigenvalue weighted by Crippen LogP contribution is -2.57. The summed E-state index contributed by atoms with van der Waals surface area (Å²) in [6.45, 7) is 2.80. The van der Waals surface area contributed by atoms with Gasteiger partial charge in [0.05, 0.1) is 12.3 Å². The Morgan fingerprint density at radius 2 is 2.04 bits per heavy atom. The van der Waals surface area contributed by atoms with Crippen molar-refractivity contribution in [1.29, 1.82) is 0 Å². The maximum Gasteiger partial charge on any atom is 0.211 e. The average Bonchev–Trinajstić information content (AvgIpc) is 2.98. The molecule has 1 aromatic heterocycles. The highest BCUT2D eigenvalue weighted by molar-refractivity contribution is 7.88. The number of piperidine rings is 2. The van der Waals surface area contributed by atoms with Gasteiger partial charge in [-0.15, -0.1) is 0 Å². The summed E-state index contributed by atoms with van der Waals surface area (Å²) in [6.07, 6.45) is 5.52. The van der Waals surface area contributed by atoms with Gasteiger partial charge in [-0.2, -0.15) is 4.31 Å². The fourth-order valence-corrected chi connectivity index (χ4v) is 6.63. The molecule has 4 heterocycles. The van der Waals surface area contributed by atoms with Crippen molar-refractivity contribution in [2.24, 2.45) is 5.92 Å². The number of hydrogen-bond donors (Lipinski definition) is 1. The van der Waals surface area contributed by atoms with Gasteiger partial charge >= 0.3 is 0 Å². The third kappa shape index (κ3) is 2.46. The van der Waals surface area contributed by atoms with Crippen LogP contribution in [0.15, 0.2) is 24.3 Å². The fourth-order valence-electron chi connectivity index (χ4n) is 5.42. The van der Waals surface area contributed by atoms with Crippen LogP contribution < -0.4 is 0 Å². The van der Waals surface area contributed by atoms with Crippen LogP contribution in [-0.4, -0.2) is 54.5 Å². The molecule has 134 valence electrons. The van der Waals surface area contributed by atoms with Crippen LogP contribution in [0.5, 0.6) is 0 Å². The van der Waals surface area contributed by atoms with Crippen molar-refractivity contribution in [3.63, 3.8) is 0 Å². The van der Waals surface area contributed by atoms with E-state index in [9.17, 15) is 8.42 Å². The second-order valence-electron chi connectivity index (χ2n) is 7.90. The van der Waals surface area contributed by atoms with E-state index in [0.29, 0.717) is 18.5 Å². The molecule has 0 saturated carbocycles. The molecule has 1 N–H and O–H groups in total. The zero-order chi connectivity index (χ0) is 17.2. The lowest BCUT2D eigenvalue weighted by atomic mass is 9.79. The van der Waals surface area contributed by atoms with Gasteiger partial charge in [0.2, 0.25) is 10.0 Å². The van der Waals surface area contributed by atoms with Gasteiger partial charge < -0.3 is 4.98 Å². The zero-order valence-electron chi connectivity index (χ0n) is 14.6. The molecule has 1 aromatic carbocycles. The Kier molecular flexibility index (Phi) is 3.53. The largest absolute Gasteiger partial charge is 0.357 e. The van der Waals surface area contributed by atoms with Gasteiger partial charge in [0, 0.05) is 42.3 Å². The minimum Gasteiger partial charge on any atom is -0.357 e. The summed E-state index contributed by atoms with van der Waals surface area (Å²) < 4.78 is 26.4. The van der Waals surface area contributed by atoms with Crippen LogP contribution in [0.25, 0.3) is 10.9 Å². The molecular formula is C19H25N3O2S. The number of fused-ring (bicyclic) bond motifs is 6. The number of nitrogens with one attached hydrogen (secondary N) is 1. The van der Waals surface area contributed by atoms with Crippen LogP contribution in [0, 0.1) is 5.92 Å². The number of benzene rings is 1. The second kappa shape index (κ2) is 5.56. The minimum absolute atomic E-state index is 0.155. The highest BCUT2D eigenvalue weighted by atomic mass is 32.2. The van der Waals surface area contributed by atoms with Crippen molar-refractivity contribution in [3.8, 4) is 0 Å². The van der Waals surface area contributed by atoms with Gasteiger partial charge in [0.15, 0.2) is 0 Å². The smallest absolute Gasteiger partial charge is 0.211 e. The first kappa shape index (κ1) is 15.9. The van der Waals surface area contributed by atoms with E-state index in [1.807, 2.05) is 0 Å². The van der Waals surface area contributed by atoms with Gasteiger partial charge in [-0.05, 0) is 43.2 Å². The van der Waals surface area contributed by atoms with Crippen LogP contribution in [-0.2, 0) is 16.4 Å². The summed E-state index contributed by atoms with van der Waals surface area (Å²) in [6, 6.07) is 9.00. The topological polar surface area (TPSA) is 56.4 Å². The second-order valence-corrected chi connectivity index (χ2v) is 9.84. The number of aromatic nitrogens is 1. The average molecular weight is 359 g/mol. The molecule has 2 fully saturated rings. The molecule has 0 spiro atoms. The van der Waals surface area contributed by atoms with Gasteiger partial charge in [0.1, 0.15) is 0 Å². The van der Waals surface area contributed by atoms with E-state index in [-0.39, 0.29) is 6.04 Å². The molecule has 0 bridgehead atoms. The van der Waals surface area contributed by atoms with E-state index in [0.717, 1.165) is 38.8 Å². The monoisotopic (exact) mass is 359 g/mol. The zero-order valence-corrected chi connectivity index (χ0v) is 15.4. The summed E-state index contributed by atoms with van der Waals surface area (Å²) in [5.74, 6) is 0.477. The molecule has 3 aliphatic rings. The van der Waals surface area contributed by atoms with Crippen LogP contribution in [0.1, 0.15) is 36.6 Å². The van der Waals surface area contributed by atoms with Gasteiger partial charge in [-0.25, -0.2) is 8.42 Å². The minimum atomic E-state index is -3.13. The summed E-state index contributed by atoms with van der Waals surface area (Å²) in [5.41, 5.74) is 3.97. The Bertz CT molecular complexity index is 920. The first-order valence-electron chi connectivity index (χ1n) is 9.33. The Morgan fingerprint density at radius 3 is 2.88 bits per heavy atom. The third-order valence-electron chi connectivity index (χ3n) is 6.50. The van der Waals surface area contributed by atoms with Crippen molar-refractivity contribution in [3.05, 3.63) is 35.5 Å². The molecule has 2 saturated heterocycles. The summed E-state index contributed by atoms with van der Waals surface area (Å²) in [5, 5.41) is 1.34. The van der Waals surface area contributed by atoms with E-state index >= 15 is 0 Å². The van der Waals surface area contributed by atoms with Crippen molar-refractivity contribution in [1.82, 2.24) is 14.2 Å². The summed E-state index contributed by atoms with van der Waals surface area (Å²) in [7, 11) is -3.13. The highest BCUT2D eigenvalue weighted by Crippen LogP contribution is 2.44. The lowest BCUT2D eigenvalue weighted by Gasteiger charge is -2.51. The third-order valence-corrected chi connectivity index (χ3v) is 7.80. The van der Waals surface area contributed by atoms with Crippen molar-refractivity contribution >= 4 is 20.9 Å². The molecule has 2 aromatic rings. The number of rotatable bonds is 1. The first-order valence-corrected chi connectivity index (χ1v) is 11.2. The maximum absolute atomic E-state index is 12.3. The molecule has 6 heteroatoms. The molecule has 5 rings (SSSR count). The fraction of sp³-hybridized carbons (Fsp3) is 0.579. The predicted octanol–water partition coefficient (Wildman–Crippen LogP) is 2.51. The number of para-hydroxylation sites is 1. The van der Waals surface area contributed by atoms with Crippen molar-refractivity contribution in [2.45, 2.75) is 37.8 Å². The SMILES string of the molecule is CS(=O)(=O)N1CCC[C@H]2CN3CCc4c([nH]c5ccccc45)[C@@H]3C[C@H]21. The summed E-state index contributed by atoms with van der Waals surface area (Å²) in [4.78, 5) is 6.24. The van der Waals surface area contributed by atoms with E-state index in [4.69, 9.17) is 0 Å². The molecule has 0 radical (unpaired) electrons. The molecule has 25 heavy (non-hydrogen) atoms. The number of sulfonamides is 1. The quantitative estimate of drug-likeness (QED) is 0.851. The molecule has 5 nitrogen and oxygen atoms in total. The Balaban J connectivity index is 1.55. The van der Waals surface area contributed by atoms with Crippen molar-refractivity contribution in [2.75, 3.05) is 25.9 Å². The van der Waals surface area contributed by atoms with Crippen LogP contribution >= 0.6 is 0 Å². The molecule has 0 unspecified atom stereocenters. The summed E-state index contributed by atoms with van der Waals surface area (Å²) >= 11 is 0.